The molecule has 0 saturated carbocycles. The van der Waals surface area contributed by atoms with Crippen LogP contribution in [0.3, 0.4) is 0 Å². The van der Waals surface area contributed by atoms with Crippen LogP contribution in [0.4, 0.5) is 10.2 Å². The van der Waals surface area contributed by atoms with Gasteiger partial charge in [-0.25, -0.2) is 9.07 Å². The summed E-state index contributed by atoms with van der Waals surface area (Å²) in [5.41, 5.74) is 2.57. The summed E-state index contributed by atoms with van der Waals surface area (Å²) in [5, 5.41) is 5.29. The number of fused-ring (bicyclic) bond motifs is 4. The molecule has 40 heavy (non-hydrogen) atoms. The second kappa shape index (κ2) is 9.14. The minimum atomic E-state index is -4.34. The van der Waals surface area contributed by atoms with Gasteiger partial charge in [-0.2, -0.15) is 15.1 Å². The number of aryl methyl sites for hydroxylation is 1. The number of anilines is 1. The normalized spacial score (nSPS) is 28.3. The van der Waals surface area contributed by atoms with Gasteiger partial charge in [-0.1, -0.05) is 6.07 Å². The number of benzene rings is 1. The molecule has 4 atom stereocenters. The first-order valence-corrected chi connectivity index (χ1v) is 15.2. The van der Waals surface area contributed by atoms with Gasteiger partial charge in [-0.05, 0) is 61.5 Å². The van der Waals surface area contributed by atoms with Gasteiger partial charge in [0, 0.05) is 18.5 Å². The number of hydrogen-bond acceptors (Lipinski definition) is 9. The average molecular weight is 596 g/mol. The van der Waals surface area contributed by atoms with E-state index in [0.717, 1.165) is 18.4 Å². The Morgan fingerprint density at radius 1 is 1.23 bits per heavy atom. The quantitative estimate of drug-likeness (QED) is 0.321. The third kappa shape index (κ3) is 4.44. The number of hydrogen-bond donors (Lipinski definition) is 2. The van der Waals surface area contributed by atoms with Gasteiger partial charge in [-0.15, -0.1) is 0 Å². The van der Waals surface area contributed by atoms with E-state index in [2.05, 4.69) is 20.0 Å². The van der Waals surface area contributed by atoms with Gasteiger partial charge in [0.15, 0.2) is 17.7 Å². The van der Waals surface area contributed by atoms with Crippen molar-refractivity contribution in [1.82, 2.24) is 19.7 Å². The van der Waals surface area contributed by atoms with Crippen LogP contribution in [0.2, 0.25) is 5.28 Å². The van der Waals surface area contributed by atoms with Crippen molar-refractivity contribution >= 4 is 36.0 Å². The van der Waals surface area contributed by atoms with Crippen molar-refractivity contribution in [2.24, 2.45) is 0 Å². The highest BCUT2D eigenvalue weighted by molar-refractivity contribution is 7.51. The van der Waals surface area contributed by atoms with Crippen LogP contribution in [0.25, 0.3) is 11.0 Å². The number of nitrogens with zero attached hydrogens (tertiary/aromatic N) is 5. The summed E-state index contributed by atoms with van der Waals surface area (Å²) in [5.74, 6) is -0.506. The Morgan fingerprint density at radius 2 is 2.00 bits per heavy atom. The molecule has 4 aliphatic rings. The molecule has 1 aromatic carbocycles. The standard InChI is InChI=1S/C25H28ClFN5O7P/c1-24(2)38-18-17(9-36-12-40(33,34)35)37-22(19(18)39-24)32-21-15(8-28-32)20(29-23(26)30-21)31-10-25(11-31)6-5-13-3-4-14(27)7-16(13)25/h3-4,7-8,17-19,22H,5-6,9-12H2,1-2H3,(H2,33,34,35)/t17-,18-,19-,22-/m1/s1. The topological polar surface area (TPSA) is 141 Å². The van der Waals surface area contributed by atoms with Gasteiger partial charge in [-0.3, -0.25) is 4.57 Å². The van der Waals surface area contributed by atoms with Gasteiger partial charge in [0.05, 0.1) is 18.2 Å². The van der Waals surface area contributed by atoms with Crippen molar-refractivity contribution < 1.29 is 37.7 Å². The van der Waals surface area contributed by atoms with Crippen LogP contribution in [-0.4, -0.2) is 79.7 Å². The number of ether oxygens (including phenoxy) is 4. The van der Waals surface area contributed by atoms with E-state index in [1.54, 1.807) is 30.8 Å². The van der Waals surface area contributed by atoms with E-state index >= 15 is 0 Å². The summed E-state index contributed by atoms with van der Waals surface area (Å²) < 4.78 is 50.5. The van der Waals surface area contributed by atoms with E-state index in [1.165, 1.54) is 11.6 Å². The fourth-order valence-corrected chi connectivity index (χ4v) is 7.03. The first-order chi connectivity index (χ1) is 18.9. The Morgan fingerprint density at radius 3 is 2.77 bits per heavy atom. The Kier molecular flexibility index (Phi) is 6.09. The Labute approximate surface area is 233 Å². The molecule has 1 spiro atoms. The van der Waals surface area contributed by atoms with Crippen LogP contribution in [0.15, 0.2) is 24.4 Å². The fraction of sp³-hybridized carbons (Fsp3) is 0.560. The Bertz CT molecular complexity index is 1540. The van der Waals surface area contributed by atoms with Gasteiger partial charge in [0.2, 0.25) is 5.28 Å². The summed E-state index contributed by atoms with van der Waals surface area (Å²) in [6.07, 6.45) is 0.204. The molecule has 7 rings (SSSR count). The summed E-state index contributed by atoms with van der Waals surface area (Å²) in [7, 11) is -4.34. The highest BCUT2D eigenvalue weighted by atomic mass is 35.5. The number of aromatic nitrogens is 4. The maximum absolute atomic E-state index is 14.1. The Hall–Kier alpha value is -2.22. The lowest BCUT2D eigenvalue weighted by molar-refractivity contribution is -0.202. The lowest BCUT2D eigenvalue weighted by atomic mass is 9.74. The van der Waals surface area contributed by atoms with Gasteiger partial charge in [0.25, 0.3) is 0 Å². The highest BCUT2D eigenvalue weighted by Crippen LogP contribution is 2.49. The van der Waals surface area contributed by atoms with E-state index in [1.807, 2.05) is 6.07 Å². The molecule has 0 radical (unpaired) electrons. The number of rotatable bonds is 6. The van der Waals surface area contributed by atoms with Crippen LogP contribution in [0, 0.1) is 5.82 Å². The van der Waals surface area contributed by atoms with Crippen LogP contribution in [0.5, 0.6) is 0 Å². The summed E-state index contributed by atoms with van der Waals surface area (Å²) in [6.45, 7) is 4.79. The zero-order valence-electron chi connectivity index (χ0n) is 21.7. The zero-order valence-corrected chi connectivity index (χ0v) is 23.4. The first kappa shape index (κ1) is 26.7. The largest absolute Gasteiger partial charge is 0.366 e. The second-order valence-electron chi connectivity index (χ2n) is 11.4. The molecule has 15 heteroatoms. The molecule has 5 heterocycles. The fourth-order valence-electron chi connectivity index (χ4n) is 6.52. The third-order valence-electron chi connectivity index (χ3n) is 8.12. The minimum absolute atomic E-state index is 0.0445. The molecule has 1 aliphatic carbocycles. The van der Waals surface area contributed by atoms with E-state index in [-0.39, 0.29) is 23.1 Å². The molecule has 214 valence electrons. The molecule has 0 unspecified atom stereocenters. The van der Waals surface area contributed by atoms with E-state index < -0.39 is 44.3 Å². The predicted octanol–water partition coefficient (Wildman–Crippen LogP) is 2.89. The number of halogens is 2. The predicted molar refractivity (Wildman–Crippen MR) is 140 cm³/mol. The summed E-state index contributed by atoms with van der Waals surface area (Å²) in [6, 6.07) is 5.04. The molecule has 12 nitrogen and oxygen atoms in total. The van der Waals surface area contributed by atoms with E-state index in [4.69, 9.17) is 40.3 Å². The van der Waals surface area contributed by atoms with Crippen molar-refractivity contribution in [3.8, 4) is 0 Å². The molecule has 0 bridgehead atoms. The molecule has 3 saturated heterocycles. The van der Waals surface area contributed by atoms with E-state index in [0.29, 0.717) is 29.9 Å². The zero-order chi connectivity index (χ0) is 28.0. The van der Waals surface area contributed by atoms with Crippen molar-refractivity contribution in [2.45, 2.75) is 62.4 Å². The molecule has 0 amide bonds. The van der Waals surface area contributed by atoms with Crippen molar-refractivity contribution in [1.29, 1.82) is 0 Å². The summed E-state index contributed by atoms with van der Waals surface area (Å²) in [4.78, 5) is 29.4. The lowest BCUT2D eigenvalue weighted by Gasteiger charge is -2.49. The monoisotopic (exact) mass is 595 g/mol. The van der Waals surface area contributed by atoms with Crippen LogP contribution < -0.4 is 4.90 Å². The molecule has 2 N–H and O–H groups in total. The summed E-state index contributed by atoms with van der Waals surface area (Å²) >= 11 is 6.40. The smallest absolute Gasteiger partial charge is 0.350 e. The highest BCUT2D eigenvalue weighted by Gasteiger charge is 2.57. The molecule has 2 aromatic heterocycles. The SMILES string of the molecule is CC1(C)O[C@@H]2[C@H](O1)[C@@H](COCP(=O)(O)O)O[C@H]2n1ncc2c(N3CC4(CCc5ccc(F)cc54)C3)nc(Cl)nc21. The van der Waals surface area contributed by atoms with Crippen LogP contribution in [-0.2, 0) is 35.3 Å². The minimum Gasteiger partial charge on any atom is -0.366 e. The Balaban J connectivity index is 1.17. The lowest BCUT2D eigenvalue weighted by Crippen LogP contribution is -2.58. The first-order valence-electron chi connectivity index (χ1n) is 13.0. The molecular weight excluding hydrogens is 568 g/mol. The van der Waals surface area contributed by atoms with Gasteiger partial charge < -0.3 is 33.6 Å². The van der Waals surface area contributed by atoms with Gasteiger partial charge in [0.1, 0.15) is 36.3 Å². The second-order valence-corrected chi connectivity index (χ2v) is 13.3. The van der Waals surface area contributed by atoms with E-state index in [9.17, 15) is 8.96 Å². The molecule has 3 fully saturated rings. The van der Waals surface area contributed by atoms with Crippen LogP contribution in [0.1, 0.15) is 37.6 Å². The molecular formula is C25H28ClFN5O7P. The third-order valence-corrected chi connectivity index (χ3v) is 8.80. The maximum atomic E-state index is 14.1. The van der Waals surface area contributed by atoms with Crippen molar-refractivity contribution in [3.05, 3.63) is 46.6 Å². The molecule has 3 aliphatic heterocycles. The van der Waals surface area contributed by atoms with Gasteiger partial charge >= 0.3 is 7.60 Å². The molecule has 3 aromatic rings. The maximum Gasteiger partial charge on any atom is 0.350 e. The van der Waals surface area contributed by atoms with Crippen LogP contribution >= 0.6 is 19.2 Å². The van der Waals surface area contributed by atoms with Crippen molar-refractivity contribution in [3.63, 3.8) is 0 Å². The van der Waals surface area contributed by atoms with Crippen molar-refractivity contribution in [2.75, 3.05) is 30.9 Å². The average Bonchev–Trinajstić information content (AvgIpc) is 3.57.